The van der Waals surface area contributed by atoms with E-state index in [2.05, 4.69) is 16.7 Å². The third kappa shape index (κ3) is 2.89. The Hall–Kier alpha value is -1.16. The molecule has 3 nitrogen and oxygen atoms in total. The second kappa shape index (κ2) is 5.87. The SMILES string of the molecule is O=C(NC1CCCSC1)c1cccc2c1CCCN2. The largest absolute Gasteiger partial charge is 0.385 e. The summed E-state index contributed by atoms with van der Waals surface area (Å²) >= 11 is 1.94. The van der Waals surface area contributed by atoms with Gasteiger partial charge in [-0.1, -0.05) is 6.07 Å². The molecule has 2 N–H and O–H groups in total. The monoisotopic (exact) mass is 276 g/mol. The average molecular weight is 276 g/mol. The van der Waals surface area contributed by atoms with Gasteiger partial charge >= 0.3 is 0 Å². The summed E-state index contributed by atoms with van der Waals surface area (Å²) in [7, 11) is 0. The van der Waals surface area contributed by atoms with Crippen molar-refractivity contribution in [2.24, 2.45) is 0 Å². The van der Waals surface area contributed by atoms with Gasteiger partial charge in [-0.15, -0.1) is 0 Å². The van der Waals surface area contributed by atoms with Crippen molar-refractivity contribution in [2.75, 3.05) is 23.4 Å². The minimum absolute atomic E-state index is 0.105. The minimum atomic E-state index is 0.105. The Balaban J connectivity index is 1.75. The highest BCUT2D eigenvalue weighted by atomic mass is 32.2. The van der Waals surface area contributed by atoms with Gasteiger partial charge in [0.1, 0.15) is 0 Å². The van der Waals surface area contributed by atoms with Crippen molar-refractivity contribution < 1.29 is 4.79 Å². The normalized spacial score (nSPS) is 22.2. The van der Waals surface area contributed by atoms with E-state index in [9.17, 15) is 4.79 Å². The molecule has 2 heterocycles. The number of benzene rings is 1. The molecule has 2 aliphatic rings. The summed E-state index contributed by atoms with van der Waals surface area (Å²) in [6, 6.07) is 6.35. The molecule has 1 amide bonds. The van der Waals surface area contributed by atoms with Crippen molar-refractivity contribution in [3.8, 4) is 0 Å². The Bertz CT molecular complexity index is 469. The maximum atomic E-state index is 12.4. The van der Waals surface area contributed by atoms with Crippen LogP contribution < -0.4 is 10.6 Å². The van der Waals surface area contributed by atoms with Crippen LogP contribution in [-0.2, 0) is 6.42 Å². The van der Waals surface area contributed by atoms with Crippen LogP contribution in [0.5, 0.6) is 0 Å². The summed E-state index contributed by atoms with van der Waals surface area (Å²) in [5.41, 5.74) is 3.19. The minimum Gasteiger partial charge on any atom is -0.385 e. The van der Waals surface area contributed by atoms with Crippen LogP contribution in [0.2, 0.25) is 0 Å². The molecule has 1 aromatic carbocycles. The molecule has 1 unspecified atom stereocenters. The summed E-state index contributed by atoms with van der Waals surface area (Å²) in [6.45, 7) is 1.01. The lowest BCUT2D eigenvalue weighted by Gasteiger charge is -2.24. The first-order valence-corrected chi connectivity index (χ1v) is 8.24. The molecule has 0 bridgehead atoms. The highest BCUT2D eigenvalue weighted by Gasteiger charge is 2.21. The number of thioether (sulfide) groups is 1. The fourth-order valence-corrected chi connectivity index (χ4v) is 3.91. The number of rotatable bonds is 2. The Morgan fingerprint density at radius 2 is 2.32 bits per heavy atom. The first kappa shape index (κ1) is 12.9. The van der Waals surface area contributed by atoms with Crippen LogP contribution in [0.15, 0.2) is 18.2 Å². The van der Waals surface area contributed by atoms with Gasteiger partial charge in [0.05, 0.1) is 0 Å². The van der Waals surface area contributed by atoms with E-state index in [4.69, 9.17) is 0 Å². The van der Waals surface area contributed by atoms with E-state index in [0.29, 0.717) is 6.04 Å². The highest BCUT2D eigenvalue weighted by Crippen LogP contribution is 2.25. The Kier molecular flexibility index (Phi) is 3.97. The molecule has 3 rings (SSSR count). The van der Waals surface area contributed by atoms with E-state index in [-0.39, 0.29) is 5.91 Å². The van der Waals surface area contributed by atoms with Crippen LogP contribution in [0, 0.1) is 0 Å². The molecular weight excluding hydrogens is 256 g/mol. The quantitative estimate of drug-likeness (QED) is 0.872. The molecule has 0 aliphatic carbocycles. The molecule has 1 saturated heterocycles. The molecule has 0 radical (unpaired) electrons. The second-order valence-corrected chi connectivity index (χ2v) is 6.40. The van der Waals surface area contributed by atoms with Crippen LogP contribution in [0.3, 0.4) is 0 Å². The van der Waals surface area contributed by atoms with Crippen molar-refractivity contribution in [3.63, 3.8) is 0 Å². The number of fused-ring (bicyclic) bond motifs is 1. The zero-order valence-corrected chi connectivity index (χ0v) is 11.9. The van der Waals surface area contributed by atoms with Crippen LogP contribution in [0.25, 0.3) is 0 Å². The molecular formula is C15H20N2OS. The maximum Gasteiger partial charge on any atom is 0.251 e. The number of amides is 1. The van der Waals surface area contributed by atoms with E-state index < -0.39 is 0 Å². The fraction of sp³-hybridized carbons (Fsp3) is 0.533. The lowest BCUT2D eigenvalue weighted by atomic mass is 9.97. The summed E-state index contributed by atoms with van der Waals surface area (Å²) in [5, 5.41) is 6.58. The number of carbonyl (C=O) groups excluding carboxylic acids is 1. The number of nitrogens with one attached hydrogen (secondary N) is 2. The lowest BCUT2D eigenvalue weighted by molar-refractivity contribution is 0.0937. The third-order valence-electron chi connectivity index (χ3n) is 3.84. The molecule has 0 aromatic heterocycles. The predicted molar refractivity (Wildman–Crippen MR) is 81.1 cm³/mol. The molecule has 2 aliphatic heterocycles. The number of hydrogen-bond acceptors (Lipinski definition) is 3. The Labute approximate surface area is 118 Å². The highest BCUT2D eigenvalue weighted by molar-refractivity contribution is 7.99. The van der Waals surface area contributed by atoms with Gasteiger partial charge in [-0.25, -0.2) is 0 Å². The lowest BCUT2D eigenvalue weighted by Crippen LogP contribution is -2.39. The molecule has 1 atom stereocenters. The van der Waals surface area contributed by atoms with E-state index in [1.807, 2.05) is 23.9 Å². The van der Waals surface area contributed by atoms with Gasteiger partial charge < -0.3 is 10.6 Å². The van der Waals surface area contributed by atoms with E-state index >= 15 is 0 Å². The number of hydrogen-bond donors (Lipinski definition) is 2. The topological polar surface area (TPSA) is 41.1 Å². The van der Waals surface area contributed by atoms with Gasteiger partial charge in [-0.3, -0.25) is 4.79 Å². The van der Waals surface area contributed by atoms with Crippen molar-refractivity contribution in [2.45, 2.75) is 31.7 Å². The first-order valence-electron chi connectivity index (χ1n) is 7.09. The van der Waals surface area contributed by atoms with E-state index in [0.717, 1.165) is 42.8 Å². The van der Waals surface area contributed by atoms with Gasteiger partial charge in [0.25, 0.3) is 5.91 Å². The molecule has 4 heteroatoms. The van der Waals surface area contributed by atoms with Crippen molar-refractivity contribution >= 4 is 23.4 Å². The van der Waals surface area contributed by atoms with Crippen LogP contribution in [-0.4, -0.2) is 30.0 Å². The van der Waals surface area contributed by atoms with Gasteiger partial charge in [-0.2, -0.15) is 11.8 Å². The zero-order valence-electron chi connectivity index (χ0n) is 11.1. The number of carbonyl (C=O) groups is 1. The smallest absolute Gasteiger partial charge is 0.251 e. The summed E-state index contributed by atoms with van der Waals surface area (Å²) in [5.74, 6) is 2.39. The van der Waals surface area contributed by atoms with E-state index in [1.54, 1.807) is 0 Å². The standard InChI is InChI=1S/C15H20N2OS/c18-15(17-11-4-3-9-19-10-11)13-5-1-7-14-12(13)6-2-8-16-14/h1,5,7,11,16H,2-4,6,8-10H2,(H,17,18). The summed E-state index contributed by atoms with van der Waals surface area (Å²) < 4.78 is 0. The molecule has 1 aromatic rings. The number of anilines is 1. The van der Waals surface area contributed by atoms with E-state index in [1.165, 1.54) is 17.7 Å². The molecule has 19 heavy (non-hydrogen) atoms. The van der Waals surface area contributed by atoms with Crippen molar-refractivity contribution in [1.82, 2.24) is 5.32 Å². The summed E-state index contributed by atoms with van der Waals surface area (Å²) in [6.07, 6.45) is 4.44. The van der Waals surface area contributed by atoms with Crippen LogP contribution in [0.1, 0.15) is 35.2 Å². The zero-order chi connectivity index (χ0) is 13.1. The first-order chi connectivity index (χ1) is 9.34. The Morgan fingerprint density at radius 1 is 1.37 bits per heavy atom. The van der Waals surface area contributed by atoms with Crippen LogP contribution in [0.4, 0.5) is 5.69 Å². The molecule has 0 saturated carbocycles. The second-order valence-electron chi connectivity index (χ2n) is 5.25. The van der Waals surface area contributed by atoms with Gasteiger partial charge in [0, 0.05) is 29.6 Å². The fourth-order valence-electron chi connectivity index (χ4n) is 2.84. The Morgan fingerprint density at radius 3 is 3.16 bits per heavy atom. The van der Waals surface area contributed by atoms with Crippen molar-refractivity contribution in [1.29, 1.82) is 0 Å². The third-order valence-corrected chi connectivity index (χ3v) is 5.05. The maximum absolute atomic E-state index is 12.4. The van der Waals surface area contributed by atoms with Crippen molar-refractivity contribution in [3.05, 3.63) is 29.3 Å². The van der Waals surface area contributed by atoms with Gasteiger partial charge in [0.15, 0.2) is 0 Å². The average Bonchev–Trinajstić information content (AvgIpc) is 2.47. The van der Waals surface area contributed by atoms with Gasteiger partial charge in [-0.05, 0) is 49.1 Å². The molecule has 1 fully saturated rings. The molecule has 102 valence electrons. The van der Waals surface area contributed by atoms with Gasteiger partial charge in [0.2, 0.25) is 0 Å². The predicted octanol–water partition coefficient (Wildman–Crippen LogP) is 2.67. The van der Waals surface area contributed by atoms with Crippen LogP contribution >= 0.6 is 11.8 Å². The molecule has 0 spiro atoms. The summed E-state index contributed by atoms with van der Waals surface area (Å²) in [4.78, 5) is 12.4.